The SMILES string of the molecule is CC(=O)N1CCCN(Cc2cnc(S(=O)(=O)CC(C)C)n2Cc2ccccc2)CC1. The van der Waals surface area contributed by atoms with E-state index in [1.807, 2.05) is 53.6 Å². The van der Waals surface area contributed by atoms with Gasteiger partial charge < -0.3 is 9.47 Å². The number of nitrogens with zero attached hydrogens (tertiary/aromatic N) is 4. The zero-order chi connectivity index (χ0) is 21.7. The van der Waals surface area contributed by atoms with Crippen LogP contribution in [0, 0.1) is 5.92 Å². The fourth-order valence-electron chi connectivity index (χ4n) is 3.89. The average molecular weight is 433 g/mol. The monoisotopic (exact) mass is 432 g/mol. The molecule has 164 valence electrons. The standard InChI is InChI=1S/C22H32N4O3S/c1-18(2)17-30(28,29)22-23-14-21(26(22)15-20-8-5-4-6-9-20)16-24-10-7-11-25(13-12-24)19(3)27/h4-6,8-9,14,18H,7,10-13,15-17H2,1-3H3. The van der Waals surface area contributed by atoms with E-state index in [0.717, 1.165) is 37.3 Å². The van der Waals surface area contributed by atoms with Gasteiger partial charge in [0.05, 0.1) is 24.2 Å². The molecule has 0 unspecified atom stereocenters. The minimum atomic E-state index is -3.48. The van der Waals surface area contributed by atoms with E-state index in [9.17, 15) is 13.2 Å². The molecule has 1 saturated heterocycles. The maximum atomic E-state index is 13.0. The molecule has 0 aliphatic carbocycles. The number of rotatable bonds is 7. The molecule has 0 bridgehead atoms. The normalized spacial score (nSPS) is 16.1. The molecule has 30 heavy (non-hydrogen) atoms. The number of imidazole rings is 1. The van der Waals surface area contributed by atoms with Crippen LogP contribution in [0.5, 0.6) is 0 Å². The smallest absolute Gasteiger partial charge is 0.228 e. The molecule has 7 nitrogen and oxygen atoms in total. The van der Waals surface area contributed by atoms with Gasteiger partial charge in [-0.3, -0.25) is 9.69 Å². The highest BCUT2D eigenvalue weighted by Crippen LogP contribution is 2.20. The molecule has 2 aromatic rings. The van der Waals surface area contributed by atoms with Gasteiger partial charge in [0, 0.05) is 39.6 Å². The summed E-state index contributed by atoms with van der Waals surface area (Å²) in [7, 11) is -3.48. The summed E-state index contributed by atoms with van der Waals surface area (Å²) in [4.78, 5) is 20.2. The summed E-state index contributed by atoms with van der Waals surface area (Å²) in [6.07, 6.45) is 2.61. The van der Waals surface area contributed by atoms with E-state index in [1.54, 1.807) is 13.1 Å². The van der Waals surface area contributed by atoms with Crippen molar-refractivity contribution in [2.75, 3.05) is 31.9 Å². The fourth-order valence-corrected chi connectivity index (χ4v) is 5.65. The molecule has 1 aliphatic heterocycles. The summed E-state index contributed by atoms with van der Waals surface area (Å²) in [6.45, 7) is 9.60. The van der Waals surface area contributed by atoms with Gasteiger partial charge in [0.1, 0.15) is 0 Å². The molecule has 8 heteroatoms. The second-order valence-electron chi connectivity index (χ2n) is 8.41. The first-order valence-electron chi connectivity index (χ1n) is 10.5. The van der Waals surface area contributed by atoms with Gasteiger partial charge in [0.25, 0.3) is 0 Å². The minimum Gasteiger partial charge on any atom is -0.342 e. The van der Waals surface area contributed by atoms with E-state index in [-0.39, 0.29) is 22.7 Å². The van der Waals surface area contributed by atoms with Crippen molar-refractivity contribution in [3.63, 3.8) is 0 Å². The summed E-state index contributed by atoms with van der Waals surface area (Å²) in [5, 5.41) is 0.148. The van der Waals surface area contributed by atoms with E-state index in [0.29, 0.717) is 19.6 Å². The van der Waals surface area contributed by atoms with E-state index < -0.39 is 9.84 Å². The number of benzene rings is 1. The van der Waals surface area contributed by atoms with Crippen molar-refractivity contribution in [3.05, 3.63) is 47.8 Å². The van der Waals surface area contributed by atoms with Gasteiger partial charge in [0.15, 0.2) is 0 Å². The minimum absolute atomic E-state index is 0.0310. The van der Waals surface area contributed by atoms with E-state index in [4.69, 9.17) is 0 Å². The molecule has 0 atom stereocenters. The molecule has 1 aromatic heterocycles. The van der Waals surface area contributed by atoms with Crippen LogP contribution < -0.4 is 0 Å². The third-order valence-electron chi connectivity index (χ3n) is 5.34. The maximum absolute atomic E-state index is 13.0. The number of amides is 1. The van der Waals surface area contributed by atoms with Crippen LogP contribution in [-0.2, 0) is 27.7 Å². The molecule has 0 radical (unpaired) electrons. The lowest BCUT2D eigenvalue weighted by molar-refractivity contribution is -0.128. The van der Waals surface area contributed by atoms with Gasteiger partial charge in [-0.15, -0.1) is 0 Å². The third kappa shape index (κ3) is 5.70. The van der Waals surface area contributed by atoms with Crippen molar-refractivity contribution >= 4 is 15.7 Å². The Morgan fingerprint density at radius 1 is 1.07 bits per heavy atom. The van der Waals surface area contributed by atoms with Gasteiger partial charge in [0.2, 0.25) is 20.9 Å². The Bertz CT molecular complexity index is 954. The molecule has 1 aliphatic rings. The first-order chi connectivity index (χ1) is 14.3. The van der Waals surface area contributed by atoms with Gasteiger partial charge in [-0.1, -0.05) is 44.2 Å². The number of hydrogen-bond donors (Lipinski definition) is 0. The second kappa shape index (κ2) is 9.75. The largest absolute Gasteiger partial charge is 0.342 e. The van der Waals surface area contributed by atoms with Crippen LogP contribution >= 0.6 is 0 Å². The predicted octanol–water partition coefficient (Wildman–Crippen LogP) is 2.42. The molecular weight excluding hydrogens is 400 g/mol. The van der Waals surface area contributed by atoms with Crippen molar-refractivity contribution in [1.82, 2.24) is 19.4 Å². The summed E-state index contributed by atoms with van der Waals surface area (Å²) >= 11 is 0. The lowest BCUT2D eigenvalue weighted by atomic mass is 10.2. The van der Waals surface area contributed by atoms with Crippen molar-refractivity contribution in [1.29, 1.82) is 0 Å². The molecular formula is C22H32N4O3S. The van der Waals surface area contributed by atoms with E-state index in [2.05, 4.69) is 9.88 Å². The summed E-state index contributed by atoms with van der Waals surface area (Å²) in [5.41, 5.74) is 1.92. The Morgan fingerprint density at radius 2 is 1.80 bits per heavy atom. The lowest BCUT2D eigenvalue weighted by Gasteiger charge is -2.22. The Hall–Kier alpha value is -2.19. The van der Waals surface area contributed by atoms with E-state index in [1.165, 1.54) is 0 Å². The Labute approximate surface area is 179 Å². The average Bonchev–Trinajstić information content (AvgIpc) is 2.91. The Morgan fingerprint density at radius 3 is 2.47 bits per heavy atom. The molecule has 1 aromatic carbocycles. The van der Waals surface area contributed by atoms with Crippen LogP contribution in [0.1, 0.15) is 38.4 Å². The first-order valence-corrected chi connectivity index (χ1v) is 12.2. The number of aromatic nitrogens is 2. The number of carbonyl (C=O) groups is 1. The molecule has 0 N–H and O–H groups in total. The predicted molar refractivity (Wildman–Crippen MR) is 117 cm³/mol. The number of sulfone groups is 1. The Kier molecular flexibility index (Phi) is 7.31. The third-order valence-corrected chi connectivity index (χ3v) is 7.32. The molecule has 3 rings (SSSR count). The van der Waals surface area contributed by atoms with Gasteiger partial charge in [-0.25, -0.2) is 13.4 Å². The van der Waals surface area contributed by atoms with Crippen LogP contribution in [-0.4, -0.2) is 65.6 Å². The lowest BCUT2D eigenvalue weighted by Crippen LogP contribution is -2.33. The van der Waals surface area contributed by atoms with Crippen molar-refractivity contribution in [2.24, 2.45) is 5.92 Å². The molecule has 1 fully saturated rings. The van der Waals surface area contributed by atoms with Crippen LogP contribution in [0.4, 0.5) is 0 Å². The summed E-state index contributed by atoms with van der Waals surface area (Å²) < 4.78 is 27.8. The number of hydrogen-bond acceptors (Lipinski definition) is 5. The van der Waals surface area contributed by atoms with Crippen LogP contribution in [0.2, 0.25) is 0 Å². The van der Waals surface area contributed by atoms with Gasteiger partial charge in [-0.05, 0) is 17.9 Å². The van der Waals surface area contributed by atoms with E-state index >= 15 is 0 Å². The van der Waals surface area contributed by atoms with Crippen LogP contribution in [0.15, 0.2) is 41.7 Å². The topological polar surface area (TPSA) is 75.5 Å². The number of carbonyl (C=O) groups excluding carboxylic acids is 1. The van der Waals surface area contributed by atoms with Crippen LogP contribution in [0.25, 0.3) is 0 Å². The first kappa shape index (κ1) is 22.5. The van der Waals surface area contributed by atoms with Crippen molar-refractivity contribution < 1.29 is 13.2 Å². The summed E-state index contributed by atoms with van der Waals surface area (Å²) in [6, 6.07) is 9.87. The molecule has 2 heterocycles. The maximum Gasteiger partial charge on any atom is 0.228 e. The van der Waals surface area contributed by atoms with Gasteiger partial charge >= 0.3 is 0 Å². The highest BCUT2D eigenvalue weighted by atomic mass is 32.2. The van der Waals surface area contributed by atoms with Crippen molar-refractivity contribution in [2.45, 2.75) is 45.4 Å². The van der Waals surface area contributed by atoms with Crippen LogP contribution in [0.3, 0.4) is 0 Å². The van der Waals surface area contributed by atoms with Crippen molar-refractivity contribution in [3.8, 4) is 0 Å². The zero-order valence-corrected chi connectivity index (χ0v) is 18.9. The Balaban J connectivity index is 1.87. The second-order valence-corrected chi connectivity index (χ2v) is 10.3. The highest BCUT2D eigenvalue weighted by Gasteiger charge is 2.26. The zero-order valence-electron chi connectivity index (χ0n) is 18.1. The molecule has 0 spiro atoms. The fraction of sp³-hybridized carbons (Fsp3) is 0.545. The molecule has 0 saturated carbocycles. The molecule has 1 amide bonds. The van der Waals surface area contributed by atoms with Gasteiger partial charge in [-0.2, -0.15) is 0 Å². The quantitative estimate of drug-likeness (QED) is 0.672. The summed E-state index contributed by atoms with van der Waals surface area (Å²) in [5.74, 6) is 0.215. The highest BCUT2D eigenvalue weighted by molar-refractivity contribution is 7.91.